The summed E-state index contributed by atoms with van der Waals surface area (Å²) >= 11 is 0. The number of carbonyl (C=O) groups excluding carboxylic acids is 7. The molecule has 0 radical (unpaired) electrons. The van der Waals surface area contributed by atoms with Crippen LogP contribution in [-0.4, -0.2) is 71.4 Å². The van der Waals surface area contributed by atoms with E-state index in [2.05, 4.69) is 6.58 Å². The zero-order valence-electron chi connectivity index (χ0n) is 27.1. The van der Waals surface area contributed by atoms with Crippen LogP contribution >= 0.6 is 0 Å². The van der Waals surface area contributed by atoms with Crippen LogP contribution in [0.4, 0.5) is 0 Å². The van der Waals surface area contributed by atoms with Crippen LogP contribution in [0.25, 0.3) is 0 Å². The molecule has 0 unspecified atom stereocenters. The molecule has 2 rings (SSSR count). The second-order valence-corrected chi connectivity index (χ2v) is 12.5. The third-order valence-corrected chi connectivity index (χ3v) is 7.86. The molecule has 0 amide bonds. The number of rotatable bonds is 6. The lowest BCUT2D eigenvalue weighted by Gasteiger charge is -2.42. The van der Waals surface area contributed by atoms with Crippen molar-refractivity contribution in [1.82, 2.24) is 0 Å². The summed E-state index contributed by atoms with van der Waals surface area (Å²) in [6, 6.07) is 0. The molecule has 0 aromatic carbocycles. The van der Waals surface area contributed by atoms with E-state index in [4.69, 9.17) is 23.7 Å². The molecule has 0 aromatic heterocycles. The molecule has 2 aliphatic rings. The number of fused-ring (bicyclic) bond motifs is 1. The highest BCUT2D eigenvalue weighted by atomic mass is 16.6. The number of ketones is 2. The van der Waals surface area contributed by atoms with Crippen molar-refractivity contribution in [3.63, 3.8) is 0 Å². The summed E-state index contributed by atoms with van der Waals surface area (Å²) in [6.45, 7) is 17.8. The molecule has 12 nitrogen and oxygen atoms in total. The Morgan fingerprint density at radius 3 is 1.80 bits per heavy atom. The van der Waals surface area contributed by atoms with Crippen molar-refractivity contribution in [1.29, 1.82) is 0 Å². The van der Waals surface area contributed by atoms with Gasteiger partial charge in [0.1, 0.15) is 12.2 Å². The standard InChI is InChI=1S/C32H44O12/c1-15(2)30(39)43-27-26(42-21(8)35)18(5)25(41-20(7)34)23-24(40-19(6)33)17(4)14-32(23,44-22(9)36)28(37)16(3)12-13-31(10,11)29(27)38/h12-13,15-17,23-27H,5,14H2,1-4,6-11H3/b13-12+/t16-,17-,23+,24-,25+,26+,27-,32-/m0/s1. The van der Waals surface area contributed by atoms with Gasteiger partial charge in [-0.3, -0.25) is 33.6 Å². The lowest BCUT2D eigenvalue weighted by molar-refractivity contribution is -0.187. The van der Waals surface area contributed by atoms with E-state index in [0.717, 1.165) is 27.7 Å². The first-order valence-electron chi connectivity index (χ1n) is 14.5. The monoisotopic (exact) mass is 620 g/mol. The van der Waals surface area contributed by atoms with Crippen molar-refractivity contribution in [2.24, 2.45) is 29.1 Å². The van der Waals surface area contributed by atoms with Crippen LogP contribution in [0.15, 0.2) is 24.3 Å². The summed E-state index contributed by atoms with van der Waals surface area (Å²) in [5, 5.41) is 0. The van der Waals surface area contributed by atoms with E-state index < -0.39 is 101 Å². The molecule has 44 heavy (non-hydrogen) atoms. The number of hydrogen-bond donors (Lipinski definition) is 0. The van der Waals surface area contributed by atoms with Crippen LogP contribution in [-0.2, 0) is 57.2 Å². The Balaban J connectivity index is 3.08. The van der Waals surface area contributed by atoms with Crippen molar-refractivity contribution in [3.05, 3.63) is 24.3 Å². The Morgan fingerprint density at radius 2 is 1.32 bits per heavy atom. The molecular formula is C32H44O12. The number of hydrogen-bond acceptors (Lipinski definition) is 12. The zero-order valence-corrected chi connectivity index (χ0v) is 27.1. The van der Waals surface area contributed by atoms with Crippen LogP contribution in [0.5, 0.6) is 0 Å². The van der Waals surface area contributed by atoms with Crippen molar-refractivity contribution < 1.29 is 57.2 Å². The van der Waals surface area contributed by atoms with Gasteiger partial charge in [0, 0.05) is 51.0 Å². The van der Waals surface area contributed by atoms with Crippen molar-refractivity contribution in [2.75, 3.05) is 0 Å². The van der Waals surface area contributed by atoms with Crippen LogP contribution < -0.4 is 0 Å². The van der Waals surface area contributed by atoms with Crippen LogP contribution in [0.2, 0.25) is 0 Å². The van der Waals surface area contributed by atoms with Gasteiger partial charge in [0.2, 0.25) is 6.10 Å². The van der Waals surface area contributed by atoms with E-state index >= 15 is 0 Å². The lowest BCUT2D eigenvalue weighted by atomic mass is 9.72. The van der Waals surface area contributed by atoms with Gasteiger partial charge < -0.3 is 23.7 Å². The highest BCUT2D eigenvalue weighted by Gasteiger charge is 2.65. The van der Waals surface area contributed by atoms with Gasteiger partial charge in [-0.2, -0.15) is 0 Å². The van der Waals surface area contributed by atoms with E-state index in [1.165, 1.54) is 26.0 Å². The number of Topliss-reactive ketones (excluding diaryl/α,β-unsaturated/α-hetero) is 2. The van der Waals surface area contributed by atoms with E-state index in [-0.39, 0.29) is 12.0 Å². The van der Waals surface area contributed by atoms with Gasteiger partial charge in [0.25, 0.3) is 0 Å². The van der Waals surface area contributed by atoms with Crippen LogP contribution in [0.3, 0.4) is 0 Å². The molecule has 0 heterocycles. The molecule has 1 saturated carbocycles. The summed E-state index contributed by atoms with van der Waals surface area (Å²) in [4.78, 5) is 91.4. The average molecular weight is 621 g/mol. The molecule has 0 aliphatic heterocycles. The van der Waals surface area contributed by atoms with Gasteiger partial charge in [-0.15, -0.1) is 0 Å². The Kier molecular flexibility index (Phi) is 11.5. The molecule has 0 aromatic rings. The summed E-state index contributed by atoms with van der Waals surface area (Å²) < 4.78 is 28.5. The largest absolute Gasteiger partial charge is 0.462 e. The van der Waals surface area contributed by atoms with E-state index in [1.807, 2.05) is 0 Å². The van der Waals surface area contributed by atoms with Crippen LogP contribution in [0, 0.1) is 29.1 Å². The summed E-state index contributed by atoms with van der Waals surface area (Å²) in [6.07, 6.45) is -3.49. The van der Waals surface area contributed by atoms with Crippen LogP contribution in [0.1, 0.15) is 75.7 Å². The molecule has 0 bridgehead atoms. The molecule has 0 saturated heterocycles. The third-order valence-electron chi connectivity index (χ3n) is 7.86. The first kappa shape index (κ1) is 36.4. The molecule has 2 aliphatic carbocycles. The molecule has 0 N–H and O–H groups in total. The minimum atomic E-state index is -2.02. The Labute approximate surface area is 257 Å². The molecule has 8 atom stereocenters. The second-order valence-electron chi connectivity index (χ2n) is 12.5. The predicted molar refractivity (Wildman–Crippen MR) is 154 cm³/mol. The second kappa shape index (κ2) is 13.9. The van der Waals surface area contributed by atoms with Gasteiger partial charge in [0.15, 0.2) is 23.3 Å². The maximum atomic E-state index is 14.4. The van der Waals surface area contributed by atoms with Gasteiger partial charge in [0.05, 0.1) is 11.8 Å². The Morgan fingerprint density at radius 1 is 0.795 bits per heavy atom. The van der Waals surface area contributed by atoms with E-state index in [0.29, 0.717) is 0 Å². The fraction of sp³-hybridized carbons (Fsp3) is 0.656. The number of allylic oxidation sites excluding steroid dienone is 2. The highest BCUT2D eigenvalue weighted by Crippen LogP contribution is 2.51. The smallest absolute Gasteiger partial charge is 0.309 e. The fourth-order valence-corrected chi connectivity index (χ4v) is 5.88. The third kappa shape index (κ3) is 7.81. The molecular weight excluding hydrogens is 576 g/mol. The van der Waals surface area contributed by atoms with Gasteiger partial charge in [-0.1, -0.05) is 46.4 Å². The lowest BCUT2D eigenvalue weighted by Crippen LogP contribution is -2.58. The van der Waals surface area contributed by atoms with E-state index in [1.54, 1.807) is 27.7 Å². The maximum absolute atomic E-state index is 14.4. The minimum Gasteiger partial charge on any atom is -0.462 e. The predicted octanol–water partition coefficient (Wildman–Crippen LogP) is 3.23. The maximum Gasteiger partial charge on any atom is 0.309 e. The summed E-state index contributed by atoms with van der Waals surface area (Å²) in [5.41, 5.74) is -3.65. The molecule has 1 fully saturated rings. The van der Waals surface area contributed by atoms with Crippen molar-refractivity contribution >= 4 is 41.4 Å². The Bertz CT molecular complexity index is 1240. The number of esters is 5. The first-order chi connectivity index (χ1) is 20.2. The summed E-state index contributed by atoms with van der Waals surface area (Å²) in [5.74, 6) is -9.04. The van der Waals surface area contributed by atoms with Gasteiger partial charge in [-0.25, -0.2) is 0 Å². The van der Waals surface area contributed by atoms with Gasteiger partial charge in [-0.05, 0) is 19.8 Å². The average Bonchev–Trinajstić information content (AvgIpc) is 3.15. The first-order valence-corrected chi connectivity index (χ1v) is 14.5. The normalized spacial score (nSPS) is 32.8. The minimum absolute atomic E-state index is 0.121. The van der Waals surface area contributed by atoms with Gasteiger partial charge >= 0.3 is 29.8 Å². The Hall–Kier alpha value is -3.83. The summed E-state index contributed by atoms with van der Waals surface area (Å²) in [7, 11) is 0. The number of ether oxygens (including phenoxy) is 5. The highest BCUT2D eigenvalue weighted by molar-refractivity contribution is 5.95. The van der Waals surface area contributed by atoms with Crippen molar-refractivity contribution in [2.45, 2.75) is 106 Å². The quantitative estimate of drug-likeness (QED) is 0.242. The molecule has 244 valence electrons. The zero-order chi connectivity index (χ0) is 33.9. The fourth-order valence-electron chi connectivity index (χ4n) is 5.88. The SMILES string of the molecule is C=C1[C@@H](OC(C)=O)[C@H]2[C@@H](OC(C)=O)[C@@H](C)C[C@@]2(OC(C)=O)C(=O)[C@@H](C)/C=C/C(C)(C)C(=O)[C@@H](OC(=O)C(C)C)[C@@H]1OC(C)=O. The topological polar surface area (TPSA) is 166 Å². The molecule has 0 spiro atoms. The molecule has 12 heteroatoms. The number of carbonyl (C=O) groups is 7. The van der Waals surface area contributed by atoms with E-state index in [9.17, 15) is 33.6 Å². The van der Waals surface area contributed by atoms with Crippen molar-refractivity contribution in [3.8, 4) is 0 Å².